The maximum atomic E-state index is 13.6. The minimum Gasteiger partial charge on any atom is -0.338 e. The molecule has 1 atom stereocenters. The van der Waals surface area contributed by atoms with E-state index in [2.05, 4.69) is 15.0 Å². The van der Waals surface area contributed by atoms with Gasteiger partial charge in [-0.15, -0.1) is 0 Å². The van der Waals surface area contributed by atoms with E-state index in [1.165, 1.54) is 24.5 Å². The van der Waals surface area contributed by atoms with E-state index < -0.39 is 0 Å². The quantitative estimate of drug-likeness (QED) is 0.756. The van der Waals surface area contributed by atoms with E-state index in [4.69, 9.17) is 0 Å². The number of aromatic amines is 1. The van der Waals surface area contributed by atoms with Crippen LogP contribution in [0.2, 0.25) is 0 Å². The molecule has 0 unspecified atom stereocenters. The molecule has 2 aromatic heterocycles. The number of carbonyl (C=O) groups is 1. The number of pyridine rings is 1. The molecule has 1 N–H and O–H groups in total. The number of halogens is 1. The number of carbonyl (C=O) groups excluding carboxylic acids is 1. The fourth-order valence-corrected chi connectivity index (χ4v) is 3.69. The van der Waals surface area contributed by atoms with Crippen molar-refractivity contribution < 1.29 is 9.18 Å². The number of hydrogen-bond acceptors (Lipinski definition) is 4. The van der Waals surface area contributed by atoms with Crippen molar-refractivity contribution >= 4 is 16.8 Å². The van der Waals surface area contributed by atoms with E-state index in [1.807, 2.05) is 0 Å². The van der Waals surface area contributed by atoms with Gasteiger partial charge in [0, 0.05) is 42.2 Å². The second kappa shape index (κ2) is 6.90. The normalized spacial score (nSPS) is 17.3. The van der Waals surface area contributed by atoms with Crippen molar-refractivity contribution in [3.8, 4) is 0 Å². The molecular weight excluding hydrogens is 347 g/mol. The van der Waals surface area contributed by atoms with Gasteiger partial charge < -0.3 is 9.88 Å². The van der Waals surface area contributed by atoms with E-state index in [-0.39, 0.29) is 23.2 Å². The first-order chi connectivity index (χ1) is 13.0. The molecule has 7 heteroatoms. The lowest BCUT2D eigenvalue weighted by Gasteiger charge is -2.32. The minimum atomic E-state index is -0.377. The summed E-state index contributed by atoms with van der Waals surface area (Å²) in [5.74, 6) is -0.458. The van der Waals surface area contributed by atoms with Gasteiger partial charge in [0.2, 0.25) is 0 Å². The fourth-order valence-electron chi connectivity index (χ4n) is 3.69. The molecule has 1 amide bonds. The smallest absolute Gasteiger partial charge is 0.254 e. The highest BCUT2D eigenvalue weighted by molar-refractivity contribution is 6.06. The molecule has 6 nitrogen and oxygen atoms in total. The van der Waals surface area contributed by atoms with E-state index in [0.717, 1.165) is 12.8 Å². The molecule has 1 aromatic carbocycles. The molecule has 1 aliphatic heterocycles. The number of nitrogens with one attached hydrogen (secondary N) is 1. The van der Waals surface area contributed by atoms with Gasteiger partial charge >= 0.3 is 0 Å². The maximum Gasteiger partial charge on any atom is 0.254 e. The predicted octanol–water partition coefficient (Wildman–Crippen LogP) is 2.79. The number of hydrogen-bond donors (Lipinski definition) is 1. The summed E-state index contributed by atoms with van der Waals surface area (Å²) in [6.45, 7) is 2.93. The second-order valence-electron chi connectivity index (χ2n) is 6.90. The van der Waals surface area contributed by atoms with Crippen LogP contribution in [0.15, 0.2) is 41.5 Å². The van der Waals surface area contributed by atoms with Gasteiger partial charge in [-0.3, -0.25) is 14.6 Å². The zero-order chi connectivity index (χ0) is 19.0. The standard InChI is InChI=1S/C20H19FN4O2/c1-12-7-16(15-5-4-14(21)8-18(15)24-12)20(27)25-6-2-3-13(10-25)17-9-19(26)23-11-22-17/h4-5,7-9,11,13H,2-3,6,10H2,1H3,(H,22,23,26)/t13-/m0/s1. The monoisotopic (exact) mass is 366 g/mol. The van der Waals surface area contributed by atoms with Crippen LogP contribution in [-0.4, -0.2) is 38.8 Å². The lowest BCUT2D eigenvalue weighted by Crippen LogP contribution is -2.39. The minimum absolute atomic E-state index is 0.0247. The summed E-state index contributed by atoms with van der Waals surface area (Å²) >= 11 is 0. The highest BCUT2D eigenvalue weighted by atomic mass is 19.1. The average molecular weight is 366 g/mol. The molecule has 1 saturated heterocycles. The number of benzene rings is 1. The molecule has 0 bridgehead atoms. The zero-order valence-corrected chi connectivity index (χ0v) is 14.9. The van der Waals surface area contributed by atoms with Gasteiger partial charge in [-0.05, 0) is 38.0 Å². The van der Waals surface area contributed by atoms with E-state index in [9.17, 15) is 14.0 Å². The third kappa shape index (κ3) is 3.45. The Bertz CT molecular complexity index is 1070. The van der Waals surface area contributed by atoms with Crippen LogP contribution >= 0.6 is 0 Å². The number of fused-ring (bicyclic) bond motifs is 1. The van der Waals surface area contributed by atoms with Crippen LogP contribution in [0.5, 0.6) is 0 Å². The first-order valence-electron chi connectivity index (χ1n) is 8.92. The molecule has 138 valence electrons. The average Bonchev–Trinajstić information content (AvgIpc) is 2.66. The number of likely N-dealkylation sites (tertiary alicyclic amines) is 1. The SMILES string of the molecule is Cc1cc(C(=O)N2CCC[C@H](c3cc(=O)[nH]cn3)C2)c2ccc(F)cc2n1. The summed E-state index contributed by atoms with van der Waals surface area (Å²) in [5, 5.41) is 0.642. The fraction of sp³-hybridized carbons (Fsp3) is 0.300. The Labute approximate surface area is 155 Å². The van der Waals surface area contributed by atoms with Gasteiger partial charge in [0.25, 0.3) is 11.5 Å². The topological polar surface area (TPSA) is 79.0 Å². The summed E-state index contributed by atoms with van der Waals surface area (Å²) in [6, 6.07) is 7.53. The van der Waals surface area contributed by atoms with Crippen LogP contribution in [-0.2, 0) is 0 Å². The van der Waals surface area contributed by atoms with Crippen molar-refractivity contribution in [1.29, 1.82) is 0 Å². The number of H-pyrrole nitrogens is 1. The van der Waals surface area contributed by atoms with Crippen molar-refractivity contribution in [2.45, 2.75) is 25.7 Å². The van der Waals surface area contributed by atoms with Crippen LogP contribution in [0.1, 0.15) is 40.5 Å². The third-order valence-corrected chi connectivity index (χ3v) is 4.96. The van der Waals surface area contributed by atoms with Crippen LogP contribution in [0.3, 0.4) is 0 Å². The number of nitrogens with zero attached hydrogens (tertiary/aromatic N) is 3. The number of aryl methyl sites for hydroxylation is 1. The Kier molecular flexibility index (Phi) is 4.43. The zero-order valence-electron chi connectivity index (χ0n) is 14.9. The van der Waals surface area contributed by atoms with Crippen molar-refractivity contribution in [1.82, 2.24) is 19.9 Å². The van der Waals surface area contributed by atoms with Gasteiger partial charge in [-0.1, -0.05) is 0 Å². The molecule has 0 spiro atoms. The Morgan fingerprint density at radius 1 is 1.30 bits per heavy atom. The predicted molar refractivity (Wildman–Crippen MR) is 99.2 cm³/mol. The Hall–Kier alpha value is -3.09. The molecule has 0 aliphatic carbocycles. The Balaban J connectivity index is 1.66. The maximum absolute atomic E-state index is 13.6. The third-order valence-electron chi connectivity index (χ3n) is 4.96. The number of piperidine rings is 1. The number of rotatable bonds is 2. The molecule has 0 saturated carbocycles. The van der Waals surface area contributed by atoms with E-state index >= 15 is 0 Å². The molecular formula is C20H19FN4O2. The lowest BCUT2D eigenvalue weighted by molar-refractivity contribution is 0.0707. The molecule has 1 fully saturated rings. The molecule has 1 aliphatic rings. The molecule has 27 heavy (non-hydrogen) atoms. The number of aromatic nitrogens is 3. The number of amides is 1. The van der Waals surface area contributed by atoms with Crippen LogP contribution in [0.4, 0.5) is 4.39 Å². The summed E-state index contributed by atoms with van der Waals surface area (Å²) in [7, 11) is 0. The second-order valence-corrected chi connectivity index (χ2v) is 6.90. The Morgan fingerprint density at radius 2 is 2.15 bits per heavy atom. The van der Waals surface area contributed by atoms with Crippen molar-refractivity contribution in [3.05, 3.63) is 69.8 Å². The molecule has 3 aromatic rings. The highest BCUT2D eigenvalue weighted by Crippen LogP contribution is 2.27. The first kappa shape index (κ1) is 17.3. The summed E-state index contributed by atoms with van der Waals surface area (Å²) in [6.07, 6.45) is 3.11. The van der Waals surface area contributed by atoms with Crippen LogP contribution in [0, 0.1) is 12.7 Å². The molecule has 4 rings (SSSR count). The summed E-state index contributed by atoms with van der Waals surface area (Å²) in [5.41, 5.74) is 2.18. The van der Waals surface area contributed by atoms with Crippen LogP contribution < -0.4 is 5.56 Å². The van der Waals surface area contributed by atoms with Crippen molar-refractivity contribution in [2.24, 2.45) is 0 Å². The largest absolute Gasteiger partial charge is 0.338 e. The van der Waals surface area contributed by atoms with Gasteiger partial charge in [0.05, 0.1) is 23.1 Å². The molecule has 3 heterocycles. The van der Waals surface area contributed by atoms with Gasteiger partial charge in [0.1, 0.15) is 5.82 Å². The lowest BCUT2D eigenvalue weighted by atomic mass is 9.93. The summed E-state index contributed by atoms with van der Waals surface area (Å²) in [4.78, 5) is 37.7. The van der Waals surface area contributed by atoms with E-state index in [1.54, 1.807) is 24.0 Å². The first-order valence-corrected chi connectivity index (χ1v) is 8.92. The van der Waals surface area contributed by atoms with Gasteiger partial charge in [-0.25, -0.2) is 9.37 Å². The highest BCUT2D eigenvalue weighted by Gasteiger charge is 2.27. The molecule has 0 radical (unpaired) electrons. The van der Waals surface area contributed by atoms with Crippen molar-refractivity contribution in [3.63, 3.8) is 0 Å². The Morgan fingerprint density at radius 3 is 2.96 bits per heavy atom. The van der Waals surface area contributed by atoms with Crippen molar-refractivity contribution in [2.75, 3.05) is 13.1 Å². The van der Waals surface area contributed by atoms with Gasteiger partial charge in [-0.2, -0.15) is 0 Å². The van der Waals surface area contributed by atoms with Crippen LogP contribution in [0.25, 0.3) is 10.9 Å². The van der Waals surface area contributed by atoms with E-state index in [0.29, 0.717) is 40.9 Å². The summed E-state index contributed by atoms with van der Waals surface area (Å²) < 4.78 is 13.6. The van der Waals surface area contributed by atoms with Gasteiger partial charge in [0.15, 0.2) is 0 Å².